The highest BCUT2D eigenvalue weighted by atomic mass is 16.4. The van der Waals surface area contributed by atoms with Crippen LogP contribution in [0.2, 0.25) is 0 Å². The summed E-state index contributed by atoms with van der Waals surface area (Å²) in [7, 11) is 0. The van der Waals surface area contributed by atoms with E-state index in [1.807, 2.05) is 4.90 Å². The summed E-state index contributed by atoms with van der Waals surface area (Å²) < 4.78 is 0. The fraction of sp³-hybridized carbons (Fsp3) is 0.778. The van der Waals surface area contributed by atoms with E-state index in [1.54, 1.807) is 0 Å². The van der Waals surface area contributed by atoms with Gasteiger partial charge in [-0.3, -0.25) is 14.5 Å². The van der Waals surface area contributed by atoms with Crippen LogP contribution in [0.1, 0.15) is 13.3 Å². The van der Waals surface area contributed by atoms with Gasteiger partial charge in [-0.25, -0.2) is 0 Å². The average molecular weight is 236 g/mol. The lowest BCUT2D eigenvalue weighted by Crippen LogP contribution is -2.33. The molecule has 0 aromatic heterocycles. The lowest BCUT2D eigenvalue weighted by Gasteiger charge is -2.18. The lowest BCUT2D eigenvalue weighted by molar-refractivity contribution is -0.137. The van der Waals surface area contributed by atoms with Crippen LogP contribution in [0.4, 0.5) is 0 Å². The molecule has 0 spiro atoms. The minimum absolute atomic E-state index is 0.0413. The molecule has 0 saturated carbocycles. The van der Waals surface area contributed by atoms with E-state index in [0.717, 1.165) is 6.92 Å². The number of aliphatic hydroxyl groups excluding tert-OH is 1. The number of nitrogens with zero attached hydrogens (tertiary/aromatic N) is 1. The number of nitrogens with two attached hydrogens (primary N) is 1. The summed E-state index contributed by atoms with van der Waals surface area (Å²) >= 11 is 0. The number of rotatable bonds is 7. The lowest BCUT2D eigenvalue weighted by atomic mass is 10.3. The van der Waals surface area contributed by atoms with Crippen molar-refractivity contribution in [3.63, 3.8) is 0 Å². The monoisotopic (exact) mass is 236 g/mol. The summed E-state index contributed by atoms with van der Waals surface area (Å²) in [5.74, 6) is -1.66. The van der Waals surface area contributed by atoms with Gasteiger partial charge >= 0.3 is 5.97 Å². The van der Waals surface area contributed by atoms with Crippen LogP contribution >= 0.6 is 0 Å². The van der Waals surface area contributed by atoms with E-state index in [4.69, 9.17) is 25.8 Å². The zero-order valence-electron chi connectivity index (χ0n) is 9.43. The third-order valence-electron chi connectivity index (χ3n) is 1.50. The number of hydrogen-bond acceptors (Lipinski definition) is 5. The first-order valence-electron chi connectivity index (χ1n) is 4.88. The number of aliphatic hydroxyl groups is 1. The highest BCUT2D eigenvalue weighted by Crippen LogP contribution is 1.89. The molecule has 0 heterocycles. The number of carbonyl (C=O) groups is 2. The Hall–Kier alpha value is -1.18. The van der Waals surface area contributed by atoms with E-state index in [1.165, 1.54) is 0 Å². The van der Waals surface area contributed by atoms with Gasteiger partial charge in [0, 0.05) is 33.1 Å². The van der Waals surface area contributed by atoms with Crippen molar-refractivity contribution in [3.05, 3.63) is 0 Å². The fourth-order valence-electron chi connectivity index (χ4n) is 0.913. The van der Waals surface area contributed by atoms with Crippen molar-refractivity contribution < 1.29 is 24.9 Å². The predicted molar refractivity (Wildman–Crippen MR) is 58.1 cm³/mol. The zero-order chi connectivity index (χ0) is 13.0. The summed E-state index contributed by atoms with van der Waals surface area (Å²) in [4.78, 5) is 21.0. The van der Waals surface area contributed by atoms with Gasteiger partial charge in [-0.15, -0.1) is 0 Å². The molecule has 0 amide bonds. The van der Waals surface area contributed by atoms with Crippen LogP contribution in [0.15, 0.2) is 0 Å². The Morgan fingerprint density at radius 2 is 1.69 bits per heavy atom. The molecule has 0 saturated heterocycles. The smallest absolute Gasteiger partial charge is 0.304 e. The van der Waals surface area contributed by atoms with Gasteiger partial charge in [0.1, 0.15) is 0 Å². The molecule has 0 aliphatic rings. The maximum absolute atomic E-state index is 10.2. The molecule has 0 aromatic rings. The highest BCUT2D eigenvalue weighted by molar-refractivity contribution is 5.66. The Bertz CT molecular complexity index is 188. The van der Waals surface area contributed by atoms with E-state index in [9.17, 15) is 4.79 Å². The molecule has 0 bridgehead atoms. The number of carboxylic acid groups (broad SMARTS) is 2. The fourth-order valence-corrected chi connectivity index (χ4v) is 0.913. The maximum atomic E-state index is 10.2. The zero-order valence-corrected chi connectivity index (χ0v) is 9.43. The van der Waals surface area contributed by atoms with E-state index < -0.39 is 11.9 Å². The first-order chi connectivity index (χ1) is 7.43. The first kappa shape index (κ1) is 17.2. The summed E-state index contributed by atoms with van der Waals surface area (Å²) in [6.07, 6.45) is 0.0972. The molecule has 0 rings (SSSR count). The van der Waals surface area contributed by atoms with Gasteiger partial charge in [0.15, 0.2) is 0 Å². The summed E-state index contributed by atoms with van der Waals surface area (Å²) in [5, 5.41) is 24.4. The normalized spacial score (nSPS) is 9.50. The van der Waals surface area contributed by atoms with Crippen LogP contribution in [0.25, 0.3) is 0 Å². The van der Waals surface area contributed by atoms with Gasteiger partial charge in [0.25, 0.3) is 5.97 Å². The van der Waals surface area contributed by atoms with Gasteiger partial charge in [-0.1, -0.05) is 0 Å². The van der Waals surface area contributed by atoms with Crippen molar-refractivity contribution in [2.75, 3.05) is 32.8 Å². The third-order valence-corrected chi connectivity index (χ3v) is 1.50. The Balaban J connectivity index is 0. The van der Waals surface area contributed by atoms with Crippen LogP contribution in [0.3, 0.4) is 0 Å². The molecular formula is C9H20N2O5. The molecule has 96 valence electrons. The number of carboxylic acids is 2. The largest absolute Gasteiger partial charge is 0.481 e. The summed E-state index contributed by atoms with van der Waals surface area (Å²) in [6.45, 7) is 3.19. The van der Waals surface area contributed by atoms with E-state index in [-0.39, 0.29) is 13.0 Å². The molecule has 0 atom stereocenters. The molecule has 0 aromatic carbocycles. The van der Waals surface area contributed by atoms with Crippen LogP contribution < -0.4 is 5.73 Å². The number of aliphatic carboxylic acids is 2. The Morgan fingerprint density at radius 1 is 1.19 bits per heavy atom. The predicted octanol–water partition coefficient (Wildman–Crippen LogP) is -1.19. The maximum Gasteiger partial charge on any atom is 0.304 e. The molecule has 5 N–H and O–H groups in total. The standard InChI is InChI=1S/C7H16N2O3.C2H4O2/c8-2-4-9(5-6-10)3-1-7(11)12;1-2(3)4/h10H,1-6,8H2,(H,11,12);1H3,(H,3,4). The first-order valence-corrected chi connectivity index (χ1v) is 4.88. The third kappa shape index (κ3) is 18.6. The van der Waals surface area contributed by atoms with Crippen LogP contribution in [0.5, 0.6) is 0 Å². The van der Waals surface area contributed by atoms with Crippen LogP contribution in [-0.4, -0.2) is 64.9 Å². The van der Waals surface area contributed by atoms with Crippen molar-refractivity contribution in [1.82, 2.24) is 4.90 Å². The Labute approximate surface area is 94.5 Å². The second kappa shape index (κ2) is 11.9. The van der Waals surface area contributed by atoms with E-state index in [2.05, 4.69) is 0 Å². The van der Waals surface area contributed by atoms with E-state index in [0.29, 0.717) is 26.2 Å². The second-order valence-electron chi connectivity index (χ2n) is 3.02. The van der Waals surface area contributed by atoms with Crippen molar-refractivity contribution >= 4 is 11.9 Å². The SMILES string of the molecule is CC(=O)O.NCCN(CCO)CCC(=O)O. The minimum Gasteiger partial charge on any atom is -0.481 e. The van der Waals surface area contributed by atoms with Gasteiger partial charge in [-0.2, -0.15) is 0 Å². The summed E-state index contributed by atoms with van der Waals surface area (Å²) in [5.41, 5.74) is 5.30. The molecular weight excluding hydrogens is 216 g/mol. The van der Waals surface area contributed by atoms with Gasteiger partial charge in [0.2, 0.25) is 0 Å². The van der Waals surface area contributed by atoms with Crippen LogP contribution in [0, 0.1) is 0 Å². The molecule has 0 aliphatic carbocycles. The second-order valence-corrected chi connectivity index (χ2v) is 3.02. The van der Waals surface area contributed by atoms with Crippen molar-refractivity contribution in [2.45, 2.75) is 13.3 Å². The molecule has 16 heavy (non-hydrogen) atoms. The van der Waals surface area contributed by atoms with Gasteiger partial charge < -0.3 is 21.1 Å². The molecule has 7 heteroatoms. The highest BCUT2D eigenvalue weighted by Gasteiger charge is 2.04. The Morgan fingerprint density at radius 3 is 2.00 bits per heavy atom. The van der Waals surface area contributed by atoms with Crippen molar-refractivity contribution in [1.29, 1.82) is 0 Å². The average Bonchev–Trinajstić information content (AvgIpc) is 2.14. The molecule has 0 radical (unpaired) electrons. The molecule has 0 fully saturated rings. The van der Waals surface area contributed by atoms with Gasteiger partial charge in [0.05, 0.1) is 13.0 Å². The summed E-state index contributed by atoms with van der Waals surface area (Å²) in [6, 6.07) is 0. The van der Waals surface area contributed by atoms with Gasteiger partial charge in [-0.05, 0) is 0 Å². The topological polar surface area (TPSA) is 124 Å². The number of hydrogen-bond donors (Lipinski definition) is 4. The Kier molecular flexibility index (Phi) is 12.8. The minimum atomic E-state index is -0.833. The molecule has 7 nitrogen and oxygen atoms in total. The van der Waals surface area contributed by atoms with E-state index >= 15 is 0 Å². The quantitative estimate of drug-likeness (QED) is 0.438. The van der Waals surface area contributed by atoms with Crippen molar-refractivity contribution in [2.24, 2.45) is 5.73 Å². The van der Waals surface area contributed by atoms with Crippen LogP contribution in [-0.2, 0) is 9.59 Å². The van der Waals surface area contributed by atoms with Crippen molar-refractivity contribution in [3.8, 4) is 0 Å². The molecule has 0 aliphatic heterocycles. The molecule has 0 unspecified atom stereocenters.